The van der Waals surface area contributed by atoms with Crippen LogP contribution in [-0.4, -0.2) is 49.8 Å². The first-order valence-electron chi connectivity index (χ1n) is 8.76. The number of hydrogen-bond donors (Lipinski definition) is 2. The van der Waals surface area contributed by atoms with Crippen LogP contribution in [0.4, 0.5) is 10.5 Å². The monoisotopic (exact) mass is 417 g/mol. The predicted octanol–water partition coefficient (Wildman–Crippen LogP) is 1.58. The lowest BCUT2D eigenvalue weighted by Gasteiger charge is -2.17. The Hall–Kier alpha value is -3.40. The molecule has 1 atom stereocenters. The van der Waals surface area contributed by atoms with E-state index in [0.29, 0.717) is 9.99 Å². The van der Waals surface area contributed by atoms with E-state index >= 15 is 0 Å². The van der Waals surface area contributed by atoms with Gasteiger partial charge in [-0.15, -0.1) is 0 Å². The molecule has 0 spiro atoms. The van der Waals surface area contributed by atoms with E-state index in [9.17, 15) is 22.8 Å². The highest BCUT2D eigenvalue weighted by molar-refractivity contribution is 7.90. The largest absolute Gasteiger partial charge is 0.462 e. The summed E-state index contributed by atoms with van der Waals surface area (Å²) in [6, 6.07) is 13.0. The summed E-state index contributed by atoms with van der Waals surface area (Å²) in [7, 11) is -3.95. The Morgan fingerprint density at radius 2 is 1.72 bits per heavy atom. The standard InChI is InChI=1S/C19H19N3O6S/c1-13(20-19(25)21-14-7-3-2-4-8-14)18(24)28-12-11-22-17(23)15-9-5-6-10-16(15)29(22,26)27/h2-10,13H,11-12H2,1H3,(H2,20,21,25)/t13-/m0/s1. The molecule has 2 aromatic carbocycles. The van der Waals surface area contributed by atoms with Crippen molar-refractivity contribution < 1.29 is 27.5 Å². The van der Waals surface area contributed by atoms with Crippen molar-refractivity contribution in [3.05, 3.63) is 60.2 Å². The zero-order chi connectivity index (χ0) is 21.0. The molecule has 0 bridgehead atoms. The Morgan fingerprint density at radius 3 is 2.41 bits per heavy atom. The molecule has 1 aliphatic rings. The lowest BCUT2D eigenvalue weighted by molar-refractivity contribution is -0.145. The van der Waals surface area contributed by atoms with E-state index in [0.717, 1.165) is 0 Å². The Bertz CT molecular complexity index is 1040. The van der Waals surface area contributed by atoms with Crippen molar-refractivity contribution in [1.82, 2.24) is 9.62 Å². The van der Waals surface area contributed by atoms with E-state index in [-0.39, 0.29) is 23.6 Å². The van der Waals surface area contributed by atoms with Gasteiger partial charge in [0.1, 0.15) is 17.5 Å². The molecule has 1 aliphatic heterocycles. The number of amides is 3. The molecule has 3 rings (SSSR count). The molecule has 152 valence electrons. The van der Waals surface area contributed by atoms with Crippen molar-refractivity contribution in [2.45, 2.75) is 17.9 Å². The highest BCUT2D eigenvalue weighted by Crippen LogP contribution is 2.29. The van der Waals surface area contributed by atoms with Crippen LogP contribution in [0.3, 0.4) is 0 Å². The number of hydrogen-bond acceptors (Lipinski definition) is 6. The number of nitrogens with zero attached hydrogens (tertiary/aromatic N) is 1. The number of urea groups is 1. The van der Waals surface area contributed by atoms with Gasteiger partial charge in [0.25, 0.3) is 15.9 Å². The van der Waals surface area contributed by atoms with Crippen LogP contribution < -0.4 is 10.6 Å². The first kappa shape index (κ1) is 20.3. The maximum Gasteiger partial charge on any atom is 0.328 e. The van der Waals surface area contributed by atoms with Gasteiger partial charge in [-0.2, -0.15) is 0 Å². The second-order valence-corrected chi connectivity index (χ2v) is 8.06. The van der Waals surface area contributed by atoms with E-state index in [4.69, 9.17) is 4.74 Å². The zero-order valence-corrected chi connectivity index (χ0v) is 16.3. The van der Waals surface area contributed by atoms with Gasteiger partial charge in [0.15, 0.2) is 0 Å². The quantitative estimate of drug-likeness (QED) is 0.689. The Kier molecular flexibility index (Phi) is 5.83. The Morgan fingerprint density at radius 1 is 1.07 bits per heavy atom. The number of carbonyl (C=O) groups is 3. The molecule has 2 aromatic rings. The number of anilines is 1. The van der Waals surface area contributed by atoms with Gasteiger partial charge in [-0.25, -0.2) is 22.3 Å². The highest BCUT2D eigenvalue weighted by Gasteiger charge is 2.40. The maximum absolute atomic E-state index is 12.4. The van der Waals surface area contributed by atoms with Gasteiger partial charge in [-0.05, 0) is 31.2 Å². The molecule has 0 fully saturated rings. The van der Waals surface area contributed by atoms with Crippen molar-refractivity contribution in [2.24, 2.45) is 0 Å². The van der Waals surface area contributed by atoms with Crippen LogP contribution in [0.5, 0.6) is 0 Å². The van der Waals surface area contributed by atoms with Gasteiger partial charge >= 0.3 is 12.0 Å². The average Bonchev–Trinajstić information content (AvgIpc) is 2.89. The number of sulfonamides is 1. The smallest absolute Gasteiger partial charge is 0.328 e. The van der Waals surface area contributed by atoms with Gasteiger partial charge in [0, 0.05) is 5.69 Å². The molecule has 9 nitrogen and oxygen atoms in total. The molecule has 0 saturated heterocycles. The third-order valence-electron chi connectivity index (χ3n) is 4.18. The normalized spacial score (nSPS) is 15.3. The van der Waals surface area contributed by atoms with Crippen molar-refractivity contribution in [1.29, 1.82) is 0 Å². The number of nitrogens with one attached hydrogen (secondary N) is 2. The summed E-state index contributed by atoms with van der Waals surface area (Å²) in [6.45, 7) is 0.787. The fraction of sp³-hybridized carbons (Fsp3) is 0.211. The van der Waals surface area contributed by atoms with Gasteiger partial charge in [-0.1, -0.05) is 30.3 Å². The fourth-order valence-electron chi connectivity index (χ4n) is 2.75. The number of carbonyl (C=O) groups excluding carboxylic acids is 3. The maximum atomic E-state index is 12.4. The van der Waals surface area contributed by atoms with Crippen molar-refractivity contribution in [3.8, 4) is 0 Å². The number of ether oxygens (including phenoxy) is 1. The van der Waals surface area contributed by atoms with Gasteiger partial charge < -0.3 is 15.4 Å². The molecule has 0 aromatic heterocycles. The first-order valence-corrected chi connectivity index (χ1v) is 10.2. The van der Waals surface area contributed by atoms with Crippen molar-refractivity contribution >= 4 is 33.6 Å². The van der Waals surface area contributed by atoms with E-state index < -0.39 is 34.0 Å². The summed E-state index contributed by atoms with van der Waals surface area (Å²) in [6.07, 6.45) is 0. The minimum absolute atomic E-state index is 0.0658. The molecule has 3 amide bonds. The Balaban J connectivity index is 1.50. The lowest BCUT2D eigenvalue weighted by Crippen LogP contribution is -2.42. The van der Waals surface area contributed by atoms with Crippen LogP contribution in [0.15, 0.2) is 59.5 Å². The van der Waals surface area contributed by atoms with Crippen LogP contribution >= 0.6 is 0 Å². The molecule has 0 aliphatic carbocycles. The van der Waals surface area contributed by atoms with Gasteiger partial charge in [0.2, 0.25) is 0 Å². The molecule has 0 radical (unpaired) electrons. The molecular formula is C19H19N3O6S. The Labute approximate surface area is 167 Å². The lowest BCUT2D eigenvalue weighted by atomic mass is 10.2. The molecule has 0 unspecified atom stereocenters. The summed E-state index contributed by atoms with van der Waals surface area (Å²) in [4.78, 5) is 36.2. The van der Waals surface area contributed by atoms with Crippen molar-refractivity contribution in [3.63, 3.8) is 0 Å². The minimum atomic E-state index is -3.95. The van der Waals surface area contributed by atoms with E-state index in [2.05, 4.69) is 10.6 Å². The first-order chi connectivity index (χ1) is 13.8. The third kappa shape index (κ3) is 4.37. The highest BCUT2D eigenvalue weighted by atomic mass is 32.2. The van der Waals surface area contributed by atoms with Crippen LogP contribution in [0.25, 0.3) is 0 Å². The van der Waals surface area contributed by atoms with Crippen LogP contribution in [0.2, 0.25) is 0 Å². The SMILES string of the molecule is C[C@H](NC(=O)Nc1ccccc1)C(=O)OCCN1C(=O)c2ccccc2S1(=O)=O. The number of esters is 1. The number of para-hydroxylation sites is 1. The molecule has 0 saturated carbocycles. The molecular weight excluding hydrogens is 398 g/mol. The number of benzene rings is 2. The third-order valence-corrected chi connectivity index (χ3v) is 6.02. The van der Waals surface area contributed by atoms with Gasteiger partial charge in [-0.3, -0.25) is 4.79 Å². The van der Waals surface area contributed by atoms with Crippen LogP contribution in [0, 0.1) is 0 Å². The summed E-state index contributed by atoms with van der Waals surface area (Å²) in [5.74, 6) is -1.42. The molecule has 29 heavy (non-hydrogen) atoms. The van der Waals surface area contributed by atoms with Gasteiger partial charge in [0.05, 0.1) is 12.1 Å². The summed E-state index contributed by atoms with van der Waals surface area (Å²) in [5, 5.41) is 4.99. The van der Waals surface area contributed by atoms with E-state index in [1.54, 1.807) is 36.4 Å². The van der Waals surface area contributed by atoms with Crippen LogP contribution in [-0.2, 0) is 19.6 Å². The molecule has 10 heteroatoms. The predicted molar refractivity (Wildman–Crippen MR) is 104 cm³/mol. The summed E-state index contributed by atoms with van der Waals surface area (Å²) < 4.78 is 30.5. The van der Waals surface area contributed by atoms with E-state index in [1.165, 1.54) is 25.1 Å². The topological polar surface area (TPSA) is 122 Å². The summed E-state index contributed by atoms with van der Waals surface area (Å²) >= 11 is 0. The number of rotatable bonds is 6. The van der Waals surface area contributed by atoms with Crippen LogP contribution in [0.1, 0.15) is 17.3 Å². The number of fused-ring (bicyclic) bond motifs is 1. The zero-order valence-electron chi connectivity index (χ0n) is 15.5. The fourth-order valence-corrected chi connectivity index (χ4v) is 4.30. The summed E-state index contributed by atoms with van der Waals surface area (Å²) in [5.41, 5.74) is 0.648. The van der Waals surface area contributed by atoms with E-state index in [1.807, 2.05) is 0 Å². The minimum Gasteiger partial charge on any atom is -0.462 e. The van der Waals surface area contributed by atoms with Crippen molar-refractivity contribution in [2.75, 3.05) is 18.5 Å². The molecule has 1 heterocycles. The average molecular weight is 417 g/mol. The second-order valence-electron chi connectivity index (χ2n) is 6.23. The second kappa shape index (κ2) is 8.31. The molecule has 2 N–H and O–H groups in total.